The molecule has 2 amide bonds. The van der Waals surface area contributed by atoms with Crippen LogP contribution in [0.1, 0.15) is 17.4 Å². The predicted octanol–water partition coefficient (Wildman–Crippen LogP) is 1.94. The van der Waals surface area contributed by atoms with Crippen LogP contribution in [0.3, 0.4) is 0 Å². The molecule has 1 aromatic heterocycles. The van der Waals surface area contributed by atoms with Gasteiger partial charge in [0.2, 0.25) is 0 Å². The Balaban J connectivity index is 1.80. The summed E-state index contributed by atoms with van der Waals surface area (Å²) < 4.78 is 5.10. The molecule has 1 aromatic carbocycles. The number of methoxy groups -OCH3 is 1. The fourth-order valence-electron chi connectivity index (χ4n) is 1.95. The van der Waals surface area contributed by atoms with Crippen molar-refractivity contribution in [2.45, 2.75) is 12.5 Å². The number of hydrogen-bond donors (Lipinski definition) is 3. The van der Waals surface area contributed by atoms with Crippen LogP contribution in [0.5, 0.6) is 5.75 Å². The summed E-state index contributed by atoms with van der Waals surface area (Å²) in [4.78, 5) is 24.4. The van der Waals surface area contributed by atoms with E-state index in [0.717, 1.165) is 4.88 Å². The molecule has 0 aliphatic carbocycles. The van der Waals surface area contributed by atoms with Crippen molar-refractivity contribution >= 4 is 28.8 Å². The van der Waals surface area contributed by atoms with Crippen LogP contribution >= 0.6 is 11.3 Å². The molecule has 1 atom stereocenters. The van der Waals surface area contributed by atoms with Crippen molar-refractivity contribution in [2.24, 2.45) is 0 Å². The fourth-order valence-corrected chi connectivity index (χ4v) is 2.70. The van der Waals surface area contributed by atoms with E-state index in [-0.39, 0.29) is 6.54 Å². The fraction of sp³-hybridized carbons (Fsp3) is 0.250. The average Bonchev–Trinajstić information content (AvgIpc) is 3.09. The van der Waals surface area contributed by atoms with Crippen molar-refractivity contribution in [1.82, 2.24) is 5.32 Å². The van der Waals surface area contributed by atoms with Gasteiger partial charge in [0.05, 0.1) is 18.9 Å². The maximum Gasteiger partial charge on any atom is 0.313 e. The second kappa shape index (κ2) is 8.30. The third-order valence-electron chi connectivity index (χ3n) is 3.14. The van der Waals surface area contributed by atoms with Gasteiger partial charge in [-0.2, -0.15) is 0 Å². The summed E-state index contributed by atoms with van der Waals surface area (Å²) in [7, 11) is 1.48. The van der Waals surface area contributed by atoms with Gasteiger partial charge in [0, 0.05) is 11.4 Å². The van der Waals surface area contributed by atoms with Crippen molar-refractivity contribution in [2.75, 3.05) is 19.0 Å². The van der Waals surface area contributed by atoms with E-state index in [1.54, 1.807) is 24.3 Å². The van der Waals surface area contributed by atoms with Gasteiger partial charge in [-0.25, -0.2) is 0 Å². The number of thiophene rings is 1. The number of benzene rings is 1. The molecule has 0 spiro atoms. The van der Waals surface area contributed by atoms with E-state index in [2.05, 4.69) is 10.6 Å². The number of rotatable bonds is 6. The summed E-state index contributed by atoms with van der Waals surface area (Å²) in [6.07, 6.45) is -0.304. The molecule has 6 nitrogen and oxygen atoms in total. The van der Waals surface area contributed by atoms with Crippen LogP contribution in [0.4, 0.5) is 5.69 Å². The Kier molecular flexibility index (Phi) is 6.13. The summed E-state index contributed by atoms with van der Waals surface area (Å²) >= 11 is 1.45. The number of carbonyl (C=O) groups excluding carboxylic acids is 2. The third-order valence-corrected chi connectivity index (χ3v) is 4.11. The zero-order chi connectivity index (χ0) is 16.7. The summed E-state index contributed by atoms with van der Waals surface area (Å²) in [6.45, 7) is 0.206. The molecular weight excluding hydrogens is 316 g/mol. The molecule has 2 aromatic rings. The smallest absolute Gasteiger partial charge is 0.313 e. The SMILES string of the molecule is COc1ccccc1NC(=O)C(=O)NCCC(O)c1cccs1. The summed E-state index contributed by atoms with van der Waals surface area (Å²) in [5.41, 5.74) is 0.425. The van der Waals surface area contributed by atoms with Gasteiger partial charge in [-0.05, 0) is 30.0 Å². The molecule has 122 valence electrons. The molecule has 0 aliphatic heterocycles. The monoisotopic (exact) mass is 334 g/mol. The molecule has 0 fully saturated rings. The zero-order valence-corrected chi connectivity index (χ0v) is 13.4. The second-order valence-electron chi connectivity index (χ2n) is 4.73. The van der Waals surface area contributed by atoms with Crippen molar-refractivity contribution in [3.8, 4) is 5.75 Å². The molecule has 0 radical (unpaired) electrons. The highest BCUT2D eigenvalue weighted by atomic mass is 32.1. The first-order valence-electron chi connectivity index (χ1n) is 7.05. The lowest BCUT2D eigenvalue weighted by Crippen LogP contribution is -2.36. The molecule has 2 rings (SSSR count). The Bertz CT molecular complexity index is 658. The number of aliphatic hydroxyl groups is 1. The van der Waals surface area contributed by atoms with Crippen LogP contribution in [0, 0.1) is 0 Å². The quantitative estimate of drug-likeness (QED) is 0.705. The summed E-state index contributed by atoms with van der Waals surface area (Å²) in [5.74, 6) is -1.06. The van der Waals surface area contributed by atoms with E-state index in [1.807, 2.05) is 17.5 Å². The number of carbonyl (C=O) groups is 2. The Morgan fingerprint density at radius 3 is 2.70 bits per heavy atom. The number of aliphatic hydroxyl groups excluding tert-OH is 1. The molecule has 7 heteroatoms. The minimum atomic E-state index is -0.778. The van der Waals surface area contributed by atoms with Gasteiger partial charge < -0.3 is 20.5 Å². The van der Waals surface area contributed by atoms with Crippen LogP contribution in [0.25, 0.3) is 0 Å². The van der Waals surface area contributed by atoms with Crippen LogP contribution in [0.2, 0.25) is 0 Å². The van der Waals surface area contributed by atoms with Crippen LogP contribution < -0.4 is 15.4 Å². The average molecular weight is 334 g/mol. The lowest BCUT2D eigenvalue weighted by Gasteiger charge is -2.11. The number of hydrogen-bond acceptors (Lipinski definition) is 5. The first-order chi connectivity index (χ1) is 11.1. The first-order valence-corrected chi connectivity index (χ1v) is 7.93. The molecule has 3 N–H and O–H groups in total. The highest BCUT2D eigenvalue weighted by molar-refractivity contribution is 7.10. The molecule has 1 heterocycles. The Morgan fingerprint density at radius 2 is 2.00 bits per heavy atom. The predicted molar refractivity (Wildman–Crippen MR) is 88.5 cm³/mol. The van der Waals surface area contributed by atoms with Gasteiger partial charge in [0.25, 0.3) is 0 Å². The molecule has 0 aliphatic rings. The van der Waals surface area contributed by atoms with Gasteiger partial charge in [-0.1, -0.05) is 18.2 Å². The van der Waals surface area contributed by atoms with E-state index >= 15 is 0 Å². The number of anilines is 1. The minimum Gasteiger partial charge on any atom is -0.495 e. The zero-order valence-electron chi connectivity index (χ0n) is 12.6. The lowest BCUT2D eigenvalue weighted by atomic mass is 10.2. The Hall–Kier alpha value is -2.38. The van der Waals surface area contributed by atoms with Crippen molar-refractivity contribution in [3.63, 3.8) is 0 Å². The topological polar surface area (TPSA) is 87.7 Å². The van der Waals surface area contributed by atoms with E-state index in [1.165, 1.54) is 18.4 Å². The van der Waals surface area contributed by atoms with Crippen molar-refractivity contribution in [3.05, 3.63) is 46.7 Å². The number of para-hydroxylation sites is 2. The highest BCUT2D eigenvalue weighted by Crippen LogP contribution is 2.23. The van der Waals surface area contributed by atoms with Crippen molar-refractivity contribution in [1.29, 1.82) is 0 Å². The highest BCUT2D eigenvalue weighted by Gasteiger charge is 2.16. The molecule has 0 saturated carbocycles. The van der Waals surface area contributed by atoms with Gasteiger partial charge in [-0.3, -0.25) is 9.59 Å². The molecular formula is C16H18N2O4S. The van der Waals surface area contributed by atoms with Crippen molar-refractivity contribution < 1.29 is 19.4 Å². The standard InChI is InChI=1S/C16H18N2O4S/c1-22-13-6-3-2-5-11(13)18-16(21)15(20)17-9-8-12(19)14-7-4-10-23-14/h2-7,10,12,19H,8-9H2,1H3,(H,17,20)(H,18,21). The van der Waals surface area contributed by atoms with Crippen LogP contribution in [-0.2, 0) is 9.59 Å². The Morgan fingerprint density at radius 1 is 1.22 bits per heavy atom. The normalized spacial score (nSPS) is 11.6. The van der Waals surface area contributed by atoms with E-state index in [4.69, 9.17) is 4.74 Å². The van der Waals surface area contributed by atoms with Gasteiger partial charge in [0.1, 0.15) is 5.75 Å². The van der Waals surface area contributed by atoms with Gasteiger partial charge in [-0.15, -0.1) is 11.3 Å². The molecule has 0 bridgehead atoms. The number of amides is 2. The van der Waals surface area contributed by atoms with Crippen LogP contribution in [-0.4, -0.2) is 30.6 Å². The Labute approximate surface area is 138 Å². The first kappa shape index (κ1) is 17.0. The lowest BCUT2D eigenvalue weighted by molar-refractivity contribution is -0.136. The largest absolute Gasteiger partial charge is 0.495 e. The van der Waals surface area contributed by atoms with Gasteiger partial charge >= 0.3 is 11.8 Å². The molecule has 23 heavy (non-hydrogen) atoms. The van der Waals surface area contributed by atoms with Gasteiger partial charge in [0.15, 0.2) is 0 Å². The summed E-state index contributed by atoms with van der Waals surface area (Å²) in [5, 5.41) is 16.8. The van der Waals surface area contributed by atoms with Crippen LogP contribution in [0.15, 0.2) is 41.8 Å². The van der Waals surface area contributed by atoms with E-state index in [9.17, 15) is 14.7 Å². The number of nitrogens with one attached hydrogen (secondary N) is 2. The maximum atomic E-state index is 11.8. The second-order valence-corrected chi connectivity index (χ2v) is 5.71. The third kappa shape index (κ3) is 4.80. The summed E-state index contributed by atoms with van der Waals surface area (Å²) in [6, 6.07) is 10.5. The molecule has 0 saturated heterocycles. The van der Waals surface area contributed by atoms with E-state index in [0.29, 0.717) is 17.9 Å². The maximum absolute atomic E-state index is 11.8. The van der Waals surface area contributed by atoms with E-state index < -0.39 is 17.9 Å². The molecule has 1 unspecified atom stereocenters. The number of ether oxygens (including phenoxy) is 1. The minimum absolute atomic E-state index is 0.206.